The Kier molecular flexibility index (Phi) is 4.12. The fraction of sp³-hybridized carbons (Fsp3) is 0.353. The van der Waals surface area contributed by atoms with Crippen molar-refractivity contribution < 1.29 is 8.42 Å². The van der Waals surface area contributed by atoms with Crippen LogP contribution in [0.4, 0.5) is 5.69 Å². The lowest BCUT2D eigenvalue weighted by molar-refractivity contribution is 0.276. The fourth-order valence-corrected chi connectivity index (χ4v) is 3.79. The predicted octanol–water partition coefficient (Wildman–Crippen LogP) is 2.41. The molecule has 2 aromatic rings. The molecule has 2 heterocycles. The van der Waals surface area contributed by atoms with Crippen LogP contribution >= 0.6 is 0 Å². The minimum atomic E-state index is -3.50. The van der Waals surface area contributed by atoms with E-state index < -0.39 is 10.0 Å². The zero-order valence-electron chi connectivity index (χ0n) is 13.4. The Morgan fingerprint density at radius 1 is 1.09 bits per heavy atom. The van der Waals surface area contributed by atoms with E-state index in [4.69, 9.17) is 0 Å². The van der Waals surface area contributed by atoms with Crippen molar-refractivity contribution in [3.8, 4) is 0 Å². The summed E-state index contributed by atoms with van der Waals surface area (Å²) in [5.74, 6) is 0. The lowest BCUT2D eigenvalue weighted by Gasteiger charge is -2.47. The third kappa shape index (κ3) is 3.71. The summed E-state index contributed by atoms with van der Waals surface area (Å²) in [5.41, 5.74) is 2.29. The number of hydrogen-bond donors (Lipinski definition) is 1. The van der Waals surface area contributed by atoms with Crippen LogP contribution in [-0.2, 0) is 16.6 Å². The molecule has 0 spiro atoms. The maximum absolute atomic E-state index is 12.3. The van der Waals surface area contributed by atoms with E-state index >= 15 is 0 Å². The van der Waals surface area contributed by atoms with E-state index in [1.54, 1.807) is 36.7 Å². The van der Waals surface area contributed by atoms with E-state index in [-0.39, 0.29) is 11.4 Å². The van der Waals surface area contributed by atoms with E-state index in [2.05, 4.69) is 28.5 Å². The Morgan fingerprint density at radius 3 is 2.26 bits per heavy atom. The van der Waals surface area contributed by atoms with Crippen molar-refractivity contribution in [3.05, 3.63) is 54.4 Å². The number of aromatic nitrogens is 1. The minimum absolute atomic E-state index is 0.257. The van der Waals surface area contributed by atoms with Crippen molar-refractivity contribution in [1.82, 2.24) is 9.71 Å². The summed E-state index contributed by atoms with van der Waals surface area (Å²) < 4.78 is 27.3. The van der Waals surface area contributed by atoms with Gasteiger partial charge in [0.15, 0.2) is 0 Å². The van der Waals surface area contributed by atoms with Gasteiger partial charge in [0, 0.05) is 37.7 Å². The summed E-state index contributed by atoms with van der Waals surface area (Å²) >= 11 is 0. The highest BCUT2D eigenvalue weighted by molar-refractivity contribution is 7.89. The third-order valence-corrected chi connectivity index (χ3v) is 5.38. The molecule has 1 saturated heterocycles. The average molecular weight is 331 g/mol. The maximum atomic E-state index is 12.3. The first-order chi connectivity index (χ1) is 10.9. The van der Waals surface area contributed by atoms with Crippen molar-refractivity contribution >= 4 is 15.7 Å². The Morgan fingerprint density at radius 2 is 1.70 bits per heavy atom. The van der Waals surface area contributed by atoms with Crippen LogP contribution in [0.5, 0.6) is 0 Å². The number of rotatable bonds is 5. The van der Waals surface area contributed by atoms with Gasteiger partial charge in [0.1, 0.15) is 0 Å². The number of hydrogen-bond acceptors (Lipinski definition) is 4. The van der Waals surface area contributed by atoms with Crippen molar-refractivity contribution in [2.75, 3.05) is 18.0 Å². The van der Waals surface area contributed by atoms with Gasteiger partial charge in [0.25, 0.3) is 0 Å². The van der Waals surface area contributed by atoms with Crippen LogP contribution in [0.1, 0.15) is 19.4 Å². The van der Waals surface area contributed by atoms with Crippen LogP contribution < -0.4 is 9.62 Å². The van der Waals surface area contributed by atoms with Gasteiger partial charge in [0.05, 0.1) is 4.90 Å². The summed E-state index contributed by atoms with van der Waals surface area (Å²) in [7, 11) is -3.50. The standard InChI is InChI=1S/C17H21N3O2S/c1-17(2)12-20(13-17)15-3-5-16(6-4-15)23(21,22)19-11-14-7-9-18-10-8-14/h3-10,19H,11-13H2,1-2H3. The first-order valence-electron chi connectivity index (χ1n) is 7.59. The first-order valence-corrected chi connectivity index (χ1v) is 9.08. The second kappa shape index (κ2) is 5.94. The van der Waals surface area contributed by atoms with E-state index in [0.29, 0.717) is 5.41 Å². The molecule has 1 aromatic heterocycles. The van der Waals surface area contributed by atoms with Gasteiger partial charge in [-0.1, -0.05) is 13.8 Å². The van der Waals surface area contributed by atoms with E-state index in [1.807, 2.05) is 12.1 Å². The molecule has 0 saturated carbocycles. The first kappa shape index (κ1) is 16.0. The molecule has 1 fully saturated rings. The highest BCUT2D eigenvalue weighted by atomic mass is 32.2. The van der Waals surface area contributed by atoms with Gasteiger partial charge >= 0.3 is 0 Å². The Labute approximate surface area is 137 Å². The molecule has 6 heteroatoms. The minimum Gasteiger partial charge on any atom is -0.370 e. The SMILES string of the molecule is CC1(C)CN(c2ccc(S(=O)(=O)NCc3ccncc3)cc2)C1. The predicted molar refractivity (Wildman–Crippen MR) is 90.7 cm³/mol. The molecule has 3 rings (SSSR count). The molecular weight excluding hydrogens is 310 g/mol. The van der Waals surface area contributed by atoms with E-state index in [0.717, 1.165) is 24.3 Å². The van der Waals surface area contributed by atoms with Crippen molar-refractivity contribution in [1.29, 1.82) is 0 Å². The molecule has 5 nitrogen and oxygen atoms in total. The third-order valence-electron chi connectivity index (χ3n) is 3.97. The molecule has 23 heavy (non-hydrogen) atoms. The number of sulfonamides is 1. The van der Waals surface area contributed by atoms with Crippen LogP contribution in [0.15, 0.2) is 53.7 Å². The Bertz CT molecular complexity index is 763. The normalized spacial score (nSPS) is 16.9. The summed E-state index contributed by atoms with van der Waals surface area (Å²) in [6.07, 6.45) is 3.29. The van der Waals surface area contributed by atoms with E-state index in [1.165, 1.54) is 0 Å². The molecule has 1 N–H and O–H groups in total. The Balaban J connectivity index is 1.66. The van der Waals surface area contributed by atoms with Gasteiger partial charge in [-0.15, -0.1) is 0 Å². The lowest BCUT2D eigenvalue weighted by Crippen LogP contribution is -2.53. The number of anilines is 1. The van der Waals surface area contributed by atoms with Crippen LogP contribution in [0.25, 0.3) is 0 Å². The topological polar surface area (TPSA) is 62.3 Å². The Hall–Kier alpha value is -1.92. The average Bonchev–Trinajstić information content (AvgIpc) is 2.52. The molecule has 0 amide bonds. The lowest BCUT2D eigenvalue weighted by atomic mass is 9.84. The number of pyridine rings is 1. The van der Waals surface area contributed by atoms with Crippen molar-refractivity contribution in [2.45, 2.75) is 25.3 Å². The highest BCUT2D eigenvalue weighted by Crippen LogP contribution is 2.33. The summed E-state index contributed by atoms with van der Waals surface area (Å²) in [4.78, 5) is 6.45. The van der Waals surface area contributed by atoms with Gasteiger partial charge in [-0.2, -0.15) is 0 Å². The quantitative estimate of drug-likeness (QED) is 0.914. The number of nitrogens with zero attached hydrogens (tertiary/aromatic N) is 2. The molecule has 1 aliphatic rings. The summed E-state index contributed by atoms with van der Waals surface area (Å²) in [6.45, 7) is 6.71. The summed E-state index contributed by atoms with van der Waals surface area (Å²) in [5, 5.41) is 0. The van der Waals surface area contributed by atoms with Crippen LogP contribution in [0.2, 0.25) is 0 Å². The summed E-state index contributed by atoms with van der Waals surface area (Å²) in [6, 6.07) is 10.6. The van der Waals surface area contributed by atoms with Crippen molar-refractivity contribution in [3.63, 3.8) is 0 Å². The highest BCUT2D eigenvalue weighted by Gasteiger charge is 2.34. The molecule has 0 radical (unpaired) electrons. The molecule has 1 aliphatic heterocycles. The monoisotopic (exact) mass is 331 g/mol. The maximum Gasteiger partial charge on any atom is 0.240 e. The number of nitrogens with one attached hydrogen (secondary N) is 1. The van der Waals surface area contributed by atoms with Crippen LogP contribution in [-0.4, -0.2) is 26.5 Å². The molecular formula is C17H21N3O2S. The fourth-order valence-electron chi connectivity index (χ4n) is 2.77. The van der Waals surface area contributed by atoms with Gasteiger partial charge in [-0.3, -0.25) is 4.98 Å². The van der Waals surface area contributed by atoms with Crippen LogP contribution in [0.3, 0.4) is 0 Å². The molecule has 0 unspecified atom stereocenters. The molecule has 0 aliphatic carbocycles. The van der Waals surface area contributed by atoms with Gasteiger partial charge < -0.3 is 4.90 Å². The van der Waals surface area contributed by atoms with Gasteiger partial charge in [-0.25, -0.2) is 13.1 Å². The second-order valence-corrected chi connectivity index (χ2v) is 8.46. The smallest absolute Gasteiger partial charge is 0.240 e. The van der Waals surface area contributed by atoms with E-state index in [9.17, 15) is 8.42 Å². The van der Waals surface area contributed by atoms with Crippen LogP contribution in [0, 0.1) is 5.41 Å². The van der Waals surface area contributed by atoms with Crippen molar-refractivity contribution in [2.24, 2.45) is 5.41 Å². The molecule has 0 bridgehead atoms. The van der Waals surface area contributed by atoms with Gasteiger partial charge in [-0.05, 0) is 47.4 Å². The second-order valence-electron chi connectivity index (χ2n) is 6.69. The zero-order valence-corrected chi connectivity index (χ0v) is 14.2. The molecule has 0 atom stereocenters. The number of benzene rings is 1. The van der Waals surface area contributed by atoms with Gasteiger partial charge in [0.2, 0.25) is 10.0 Å². The molecule has 122 valence electrons. The zero-order chi connectivity index (χ0) is 16.5. The molecule has 1 aromatic carbocycles. The largest absolute Gasteiger partial charge is 0.370 e.